The number of benzene rings is 1. The van der Waals surface area contributed by atoms with Crippen molar-refractivity contribution in [2.75, 3.05) is 6.54 Å². The van der Waals surface area contributed by atoms with Crippen molar-refractivity contribution in [3.63, 3.8) is 0 Å². The summed E-state index contributed by atoms with van der Waals surface area (Å²) in [4.78, 5) is 14.3. The van der Waals surface area contributed by atoms with Gasteiger partial charge in [0.1, 0.15) is 11.9 Å². The third kappa shape index (κ3) is 3.45. The summed E-state index contributed by atoms with van der Waals surface area (Å²) in [6, 6.07) is 8.76. The first kappa shape index (κ1) is 15.7. The van der Waals surface area contributed by atoms with Crippen LogP contribution in [-0.4, -0.2) is 28.0 Å². The van der Waals surface area contributed by atoms with Crippen LogP contribution >= 0.6 is 0 Å². The largest absolute Gasteiger partial charge is 0.350 e. The summed E-state index contributed by atoms with van der Waals surface area (Å²) in [5, 5.41) is 2.98. The summed E-state index contributed by atoms with van der Waals surface area (Å²) in [6.45, 7) is 5.88. The van der Waals surface area contributed by atoms with Crippen molar-refractivity contribution in [3.8, 4) is 0 Å². The average Bonchev–Trinajstić information content (AvgIpc) is 3.22. The molecule has 0 radical (unpaired) electrons. The summed E-state index contributed by atoms with van der Waals surface area (Å²) in [5.74, 6) is -0.189. The van der Waals surface area contributed by atoms with Gasteiger partial charge in [-0.1, -0.05) is 6.07 Å². The summed E-state index contributed by atoms with van der Waals surface area (Å²) in [6.07, 6.45) is 0. The summed E-state index contributed by atoms with van der Waals surface area (Å²) >= 11 is 0. The number of rotatable bonds is 5. The van der Waals surface area contributed by atoms with Gasteiger partial charge in [-0.15, -0.1) is 0 Å². The second kappa shape index (κ2) is 6.16. The molecule has 1 N–H and O–H groups in total. The van der Waals surface area contributed by atoms with Gasteiger partial charge in [-0.2, -0.15) is 0 Å². The van der Waals surface area contributed by atoms with E-state index in [0.29, 0.717) is 13.1 Å². The lowest BCUT2D eigenvalue weighted by atomic mass is 10.1. The maximum Gasteiger partial charge on any atom is 0.239 e. The van der Waals surface area contributed by atoms with Crippen LogP contribution in [0.1, 0.15) is 22.5 Å². The molecule has 2 unspecified atom stereocenters. The maximum absolute atomic E-state index is 13.3. The van der Waals surface area contributed by atoms with Gasteiger partial charge < -0.3 is 9.88 Å². The van der Waals surface area contributed by atoms with E-state index in [9.17, 15) is 9.18 Å². The van der Waals surface area contributed by atoms with E-state index in [0.717, 1.165) is 23.4 Å². The van der Waals surface area contributed by atoms with Crippen molar-refractivity contribution < 1.29 is 9.18 Å². The fraction of sp³-hybridized carbons (Fsp3) is 0.389. The van der Waals surface area contributed by atoms with E-state index < -0.39 is 0 Å². The first-order chi connectivity index (χ1) is 11.0. The molecule has 1 fully saturated rings. The Morgan fingerprint density at radius 1 is 1.30 bits per heavy atom. The lowest BCUT2D eigenvalue weighted by molar-refractivity contribution is -0.121. The zero-order valence-electron chi connectivity index (χ0n) is 13.8. The van der Waals surface area contributed by atoms with Crippen LogP contribution in [0.4, 0.5) is 4.39 Å². The smallest absolute Gasteiger partial charge is 0.239 e. The summed E-state index contributed by atoms with van der Waals surface area (Å²) < 4.78 is 15.4. The minimum atomic E-state index is -0.229. The third-order valence-corrected chi connectivity index (χ3v) is 4.62. The molecule has 0 bridgehead atoms. The molecule has 0 saturated carbocycles. The van der Waals surface area contributed by atoms with E-state index in [2.05, 4.69) is 9.88 Å². The molecule has 1 aromatic heterocycles. The predicted molar refractivity (Wildman–Crippen MR) is 87.3 cm³/mol. The van der Waals surface area contributed by atoms with Crippen molar-refractivity contribution in [1.29, 1.82) is 0 Å². The minimum absolute atomic E-state index is 0.0397. The monoisotopic (exact) mass is 315 g/mol. The van der Waals surface area contributed by atoms with E-state index in [1.54, 1.807) is 12.1 Å². The van der Waals surface area contributed by atoms with Crippen LogP contribution in [0.25, 0.3) is 0 Å². The van der Waals surface area contributed by atoms with Crippen molar-refractivity contribution in [1.82, 2.24) is 14.8 Å². The van der Waals surface area contributed by atoms with Crippen LogP contribution in [0, 0.1) is 19.7 Å². The highest BCUT2D eigenvalue weighted by molar-refractivity contribution is 5.84. The molecule has 3 rings (SSSR count). The SMILES string of the molecule is Cc1ccc(F)cc1CN1CC1C(=O)NCc1ccc(C)n1C. The highest BCUT2D eigenvalue weighted by atomic mass is 19.1. The molecular weight excluding hydrogens is 293 g/mol. The number of aromatic nitrogens is 1. The van der Waals surface area contributed by atoms with Gasteiger partial charge in [0.05, 0.1) is 6.54 Å². The highest BCUT2D eigenvalue weighted by Crippen LogP contribution is 2.23. The molecule has 23 heavy (non-hydrogen) atoms. The van der Waals surface area contributed by atoms with Gasteiger partial charge in [-0.25, -0.2) is 4.39 Å². The Morgan fingerprint density at radius 3 is 2.78 bits per heavy atom. The Bertz CT molecular complexity index is 738. The highest BCUT2D eigenvalue weighted by Gasteiger charge is 2.40. The van der Waals surface area contributed by atoms with Gasteiger partial charge in [0, 0.05) is 31.5 Å². The third-order valence-electron chi connectivity index (χ3n) is 4.62. The summed E-state index contributed by atoms with van der Waals surface area (Å²) in [5.41, 5.74) is 4.25. The number of amides is 1. The normalized spacial score (nSPS) is 19.7. The molecule has 2 aromatic rings. The van der Waals surface area contributed by atoms with Gasteiger partial charge in [-0.3, -0.25) is 9.69 Å². The van der Waals surface area contributed by atoms with E-state index in [1.807, 2.05) is 37.9 Å². The fourth-order valence-electron chi connectivity index (χ4n) is 2.77. The van der Waals surface area contributed by atoms with Crippen LogP contribution in [0.15, 0.2) is 30.3 Å². The van der Waals surface area contributed by atoms with Crippen LogP contribution in [0.3, 0.4) is 0 Å². The fourth-order valence-corrected chi connectivity index (χ4v) is 2.77. The molecule has 1 saturated heterocycles. The molecule has 2 heterocycles. The number of carbonyl (C=O) groups is 1. The van der Waals surface area contributed by atoms with Crippen LogP contribution in [0.2, 0.25) is 0 Å². The maximum atomic E-state index is 13.3. The molecule has 1 aliphatic heterocycles. The van der Waals surface area contributed by atoms with Gasteiger partial charge >= 0.3 is 0 Å². The Labute approximate surface area is 135 Å². The van der Waals surface area contributed by atoms with Crippen LogP contribution in [-0.2, 0) is 24.9 Å². The van der Waals surface area contributed by atoms with Crippen molar-refractivity contribution >= 4 is 5.91 Å². The van der Waals surface area contributed by atoms with Crippen molar-refractivity contribution in [3.05, 3.63) is 58.7 Å². The number of nitrogens with one attached hydrogen (secondary N) is 1. The molecule has 0 aliphatic carbocycles. The number of carbonyl (C=O) groups excluding carboxylic acids is 1. The van der Waals surface area contributed by atoms with Gasteiger partial charge in [0.15, 0.2) is 0 Å². The lowest BCUT2D eigenvalue weighted by Gasteiger charge is -2.09. The van der Waals surface area contributed by atoms with E-state index in [4.69, 9.17) is 0 Å². The second-order valence-electron chi connectivity index (χ2n) is 6.26. The number of hydrogen-bond acceptors (Lipinski definition) is 2. The molecule has 0 spiro atoms. The quantitative estimate of drug-likeness (QED) is 0.860. The Morgan fingerprint density at radius 2 is 2.09 bits per heavy atom. The average molecular weight is 315 g/mol. The number of hydrogen-bond donors (Lipinski definition) is 1. The molecule has 122 valence electrons. The zero-order chi connectivity index (χ0) is 16.6. The zero-order valence-corrected chi connectivity index (χ0v) is 13.8. The molecule has 5 heteroatoms. The van der Waals surface area contributed by atoms with Crippen molar-refractivity contribution in [2.24, 2.45) is 7.05 Å². The number of aryl methyl sites for hydroxylation is 2. The predicted octanol–water partition coefficient (Wildman–Crippen LogP) is 2.28. The molecule has 4 nitrogen and oxygen atoms in total. The Balaban J connectivity index is 1.53. The molecule has 1 amide bonds. The van der Waals surface area contributed by atoms with E-state index in [1.165, 1.54) is 11.8 Å². The second-order valence-corrected chi connectivity index (χ2v) is 6.26. The minimum Gasteiger partial charge on any atom is -0.350 e. The molecule has 1 aliphatic rings. The molecule has 2 atom stereocenters. The molecule has 1 aromatic carbocycles. The molecular formula is C18H22FN3O. The van der Waals surface area contributed by atoms with Gasteiger partial charge in [0.2, 0.25) is 5.91 Å². The first-order valence-corrected chi connectivity index (χ1v) is 7.83. The first-order valence-electron chi connectivity index (χ1n) is 7.83. The standard InChI is InChI=1S/C18H22FN3O/c1-12-4-6-15(19)8-14(12)10-22-11-17(22)18(23)20-9-16-7-5-13(2)21(16)3/h4-8,17H,9-11H2,1-3H3,(H,20,23). The summed E-state index contributed by atoms with van der Waals surface area (Å²) in [7, 11) is 1.99. The Kier molecular flexibility index (Phi) is 4.22. The van der Waals surface area contributed by atoms with Gasteiger partial charge in [0.25, 0.3) is 0 Å². The van der Waals surface area contributed by atoms with Crippen LogP contribution in [0.5, 0.6) is 0 Å². The van der Waals surface area contributed by atoms with E-state index >= 15 is 0 Å². The van der Waals surface area contributed by atoms with Crippen molar-refractivity contribution in [2.45, 2.75) is 33.0 Å². The van der Waals surface area contributed by atoms with Gasteiger partial charge in [-0.05, 0) is 49.2 Å². The number of halogens is 1. The van der Waals surface area contributed by atoms with E-state index in [-0.39, 0.29) is 17.8 Å². The topological polar surface area (TPSA) is 37.0 Å². The number of nitrogens with zero attached hydrogens (tertiary/aromatic N) is 2. The Hall–Kier alpha value is -2.14. The lowest BCUT2D eigenvalue weighted by Crippen LogP contribution is -2.30. The van der Waals surface area contributed by atoms with Crippen LogP contribution < -0.4 is 5.32 Å².